The van der Waals surface area contributed by atoms with Gasteiger partial charge in [-0.05, 0) is 166 Å². The van der Waals surface area contributed by atoms with E-state index in [4.69, 9.17) is 0 Å². The zero-order valence-electron chi connectivity index (χ0n) is 31.7. The average molecular weight is 737 g/mol. The summed E-state index contributed by atoms with van der Waals surface area (Å²) in [4.78, 5) is 5.12. The predicted octanol–water partition coefficient (Wildman–Crippen LogP) is 14.1. The van der Waals surface area contributed by atoms with E-state index in [2.05, 4.69) is 107 Å². The van der Waals surface area contributed by atoms with E-state index in [-0.39, 0.29) is 11.6 Å². The molecule has 56 heavy (non-hydrogen) atoms. The molecule has 2 saturated carbocycles. The summed E-state index contributed by atoms with van der Waals surface area (Å²) < 4.78 is 29.5. The number of hydrogen-bond donors (Lipinski definition) is 0. The highest BCUT2D eigenvalue weighted by Gasteiger charge is 2.39. The highest BCUT2D eigenvalue weighted by Crippen LogP contribution is 2.51. The largest absolute Gasteiger partial charge is 0.338 e. The number of anilines is 4. The minimum Gasteiger partial charge on any atom is -0.338 e. The molecule has 0 bridgehead atoms. The van der Waals surface area contributed by atoms with E-state index in [9.17, 15) is 8.78 Å². The van der Waals surface area contributed by atoms with Gasteiger partial charge in [-0.2, -0.15) is 0 Å². The Morgan fingerprint density at radius 3 is 1.29 bits per heavy atom. The Morgan fingerprint density at radius 1 is 0.411 bits per heavy atom. The SMILES string of the molecule is Fc1ccc2c(c1)CC1CCCCC1N2c1ccc2c(-c3ccccc3)c3cc(N4c5ccc(F)cc5CC5CCCCC54)ccc3c(-c3ccccc3)c2c1. The first-order chi connectivity index (χ1) is 27.6. The van der Waals surface area contributed by atoms with Gasteiger partial charge in [0.25, 0.3) is 0 Å². The van der Waals surface area contributed by atoms with E-state index >= 15 is 0 Å². The molecule has 2 fully saturated rings. The predicted molar refractivity (Wildman–Crippen MR) is 228 cm³/mol. The van der Waals surface area contributed by atoms with Crippen molar-refractivity contribution in [2.75, 3.05) is 9.80 Å². The van der Waals surface area contributed by atoms with Crippen molar-refractivity contribution in [2.45, 2.75) is 76.3 Å². The Kier molecular flexibility index (Phi) is 8.23. The van der Waals surface area contributed by atoms with Crippen molar-refractivity contribution in [2.24, 2.45) is 11.8 Å². The molecule has 7 aromatic rings. The molecule has 11 rings (SSSR count). The minimum atomic E-state index is -0.152. The average Bonchev–Trinajstić information content (AvgIpc) is 3.24. The monoisotopic (exact) mass is 736 g/mol. The van der Waals surface area contributed by atoms with E-state index in [1.54, 1.807) is 24.3 Å². The van der Waals surface area contributed by atoms with Crippen molar-refractivity contribution in [1.29, 1.82) is 0 Å². The Bertz CT molecular complexity index is 2430. The van der Waals surface area contributed by atoms with Crippen LogP contribution in [0, 0.1) is 23.5 Å². The molecule has 2 aliphatic carbocycles. The van der Waals surface area contributed by atoms with Crippen LogP contribution in [0.4, 0.5) is 31.5 Å². The van der Waals surface area contributed by atoms with Crippen LogP contribution in [-0.4, -0.2) is 12.1 Å². The second kappa shape index (κ2) is 13.6. The zero-order chi connectivity index (χ0) is 37.3. The smallest absolute Gasteiger partial charge is 0.123 e. The third-order valence-corrected chi connectivity index (χ3v) is 13.7. The molecule has 2 heterocycles. The molecule has 7 aromatic carbocycles. The standard InChI is InChI=1S/C52H46F2N2/c53-39-19-25-49-37(29-39)27-35-15-7-9-17-47(35)55(49)41-22-24-44-45(31-41)51(33-11-3-1-4-12-33)43-23-21-42(32-46(43)52(44)34-13-5-2-6-14-34)56-48-18-10-8-16-36(48)28-38-30-40(54)20-26-50(38)56/h1-6,11-14,19-26,29-32,35-36,47-48H,7-10,15-18,27-28H2. The molecule has 0 spiro atoms. The van der Waals surface area contributed by atoms with E-state index in [0.29, 0.717) is 23.9 Å². The fraction of sp³-hybridized carbons (Fsp3) is 0.269. The summed E-state index contributed by atoms with van der Waals surface area (Å²) in [5, 5.41) is 4.88. The summed E-state index contributed by atoms with van der Waals surface area (Å²) in [5.41, 5.74) is 11.7. The zero-order valence-corrected chi connectivity index (χ0v) is 31.7. The van der Waals surface area contributed by atoms with Crippen LogP contribution < -0.4 is 9.80 Å². The number of benzene rings is 7. The van der Waals surface area contributed by atoms with Crippen molar-refractivity contribution in [1.82, 2.24) is 0 Å². The lowest BCUT2D eigenvalue weighted by atomic mass is 9.76. The van der Waals surface area contributed by atoms with Gasteiger partial charge >= 0.3 is 0 Å². The molecule has 0 aromatic heterocycles. The van der Waals surface area contributed by atoms with Gasteiger partial charge < -0.3 is 9.80 Å². The summed E-state index contributed by atoms with van der Waals surface area (Å²) in [7, 11) is 0. The Labute approximate surface area is 328 Å². The summed E-state index contributed by atoms with van der Waals surface area (Å²) >= 11 is 0. The second-order valence-corrected chi connectivity index (χ2v) is 16.9. The summed E-state index contributed by atoms with van der Waals surface area (Å²) in [5.74, 6) is 0.718. The molecule has 4 unspecified atom stereocenters. The van der Waals surface area contributed by atoms with Crippen LogP contribution in [0.2, 0.25) is 0 Å². The normalized spacial score (nSPS) is 21.7. The van der Waals surface area contributed by atoms with Gasteiger partial charge in [-0.3, -0.25) is 0 Å². The molecule has 2 aliphatic heterocycles. The molecular formula is C52H46F2N2. The molecule has 278 valence electrons. The van der Waals surface area contributed by atoms with Crippen LogP contribution in [0.15, 0.2) is 133 Å². The first kappa shape index (κ1) is 33.8. The molecule has 0 amide bonds. The van der Waals surface area contributed by atoms with Gasteiger partial charge in [0, 0.05) is 34.8 Å². The lowest BCUT2D eigenvalue weighted by Crippen LogP contribution is -2.44. The van der Waals surface area contributed by atoms with Gasteiger partial charge in [-0.15, -0.1) is 0 Å². The van der Waals surface area contributed by atoms with Gasteiger partial charge in [0.15, 0.2) is 0 Å². The lowest BCUT2D eigenvalue weighted by Gasteiger charge is -2.46. The molecule has 4 heteroatoms. The van der Waals surface area contributed by atoms with Gasteiger partial charge in [0.05, 0.1) is 0 Å². The Balaban J connectivity index is 1.18. The van der Waals surface area contributed by atoms with E-state index in [0.717, 1.165) is 48.2 Å². The Morgan fingerprint density at radius 2 is 0.839 bits per heavy atom. The maximum atomic E-state index is 14.7. The van der Waals surface area contributed by atoms with Crippen molar-refractivity contribution in [3.8, 4) is 22.3 Å². The molecule has 4 aliphatic rings. The Hall–Kier alpha value is -5.48. The van der Waals surface area contributed by atoms with Crippen LogP contribution in [0.5, 0.6) is 0 Å². The first-order valence-corrected chi connectivity index (χ1v) is 20.9. The fourth-order valence-electron chi connectivity index (χ4n) is 11.4. The molecular weight excluding hydrogens is 691 g/mol. The lowest BCUT2D eigenvalue weighted by molar-refractivity contribution is 0.293. The van der Waals surface area contributed by atoms with Crippen molar-refractivity contribution >= 4 is 44.3 Å². The van der Waals surface area contributed by atoms with Crippen LogP contribution in [-0.2, 0) is 12.8 Å². The topological polar surface area (TPSA) is 6.48 Å². The number of nitrogens with zero attached hydrogens (tertiary/aromatic N) is 2. The van der Waals surface area contributed by atoms with Gasteiger partial charge in [0.2, 0.25) is 0 Å². The molecule has 2 nitrogen and oxygen atoms in total. The van der Waals surface area contributed by atoms with Crippen LogP contribution in [0.25, 0.3) is 43.8 Å². The summed E-state index contributed by atoms with van der Waals surface area (Å²) in [6.45, 7) is 0. The van der Waals surface area contributed by atoms with Gasteiger partial charge in [-0.1, -0.05) is 98.5 Å². The highest BCUT2D eigenvalue weighted by atomic mass is 19.1. The van der Waals surface area contributed by atoms with Crippen LogP contribution >= 0.6 is 0 Å². The van der Waals surface area contributed by atoms with Gasteiger partial charge in [0.1, 0.15) is 11.6 Å². The van der Waals surface area contributed by atoms with Crippen LogP contribution in [0.1, 0.15) is 62.5 Å². The third kappa shape index (κ3) is 5.55. The number of halogens is 2. The number of hydrogen-bond acceptors (Lipinski definition) is 2. The number of fused-ring (bicyclic) bond motifs is 6. The molecule has 4 atom stereocenters. The minimum absolute atomic E-state index is 0.152. The van der Waals surface area contributed by atoms with Gasteiger partial charge in [-0.25, -0.2) is 8.78 Å². The van der Waals surface area contributed by atoms with Crippen molar-refractivity contribution in [3.63, 3.8) is 0 Å². The van der Waals surface area contributed by atoms with E-state index in [1.165, 1.54) is 93.7 Å². The van der Waals surface area contributed by atoms with E-state index < -0.39 is 0 Å². The second-order valence-electron chi connectivity index (χ2n) is 16.9. The maximum Gasteiger partial charge on any atom is 0.123 e. The highest BCUT2D eigenvalue weighted by molar-refractivity contribution is 6.22. The first-order valence-electron chi connectivity index (χ1n) is 20.9. The quantitative estimate of drug-likeness (QED) is 0.166. The molecule has 0 saturated heterocycles. The van der Waals surface area contributed by atoms with E-state index in [1.807, 2.05) is 12.1 Å². The fourth-order valence-corrected chi connectivity index (χ4v) is 11.4. The summed E-state index contributed by atoms with van der Waals surface area (Å²) in [6, 6.07) is 47.6. The maximum absolute atomic E-state index is 14.7. The summed E-state index contributed by atoms with van der Waals surface area (Å²) in [6.07, 6.45) is 11.5. The molecule has 0 N–H and O–H groups in total. The third-order valence-electron chi connectivity index (χ3n) is 13.7. The molecule has 0 radical (unpaired) electrons. The van der Waals surface area contributed by atoms with Crippen LogP contribution in [0.3, 0.4) is 0 Å². The van der Waals surface area contributed by atoms with Crippen molar-refractivity contribution in [3.05, 3.63) is 156 Å². The number of rotatable bonds is 4. The van der Waals surface area contributed by atoms with Crippen molar-refractivity contribution < 1.29 is 8.78 Å².